The highest BCUT2D eigenvalue weighted by Gasteiger charge is 2.18. The molecule has 0 aliphatic rings. The minimum Gasteiger partial charge on any atom is -0.493 e. The predicted molar refractivity (Wildman–Crippen MR) is 127 cm³/mol. The number of nitrogens with zero attached hydrogens (tertiary/aromatic N) is 1. The Morgan fingerprint density at radius 3 is 2.48 bits per heavy atom. The minimum absolute atomic E-state index is 0.0673. The number of hydrogen-bond donors (Lipinski definition) is 3. The standard InChI is InChI=1S/C24H24N4O5/c1-13(29)26-15-5-7-18-17(10-15)22-14(9-21(30)25-2)12-28(24(31)23(22)27-18)16-6-8-19(32-3)20(11-16)33-4/h5-8,10-12,27H,9H2,1-4H3,(H,25,30)(H,26,29). The first kappa shape index (κ1) is 21.9. The number of rotatable bonds is 6. The molecule has 2 heterocycles. The van der Waals surface area contributed by atoms with E-state index < -0.39 is 0 Å². The summed E-state index contributed by atoms with van der Waals surface area (Å²) < 4.78 is 12.2. The number of hydrogen-bond acceptors (Lipinski definition) is 5. The van der Waals surface area contributed by atoms with Crippen LogP contribution in [-0.4, -0.2) is 42.6 Å². The van der Waals surface area contributed by atoms with E-state index in [1.807, 2.05) is 0 Å². The molecule has 0 radical (unpaired) electrons. The average molecular weight is 448 g/mol. The Labute approximate surface area is 189 Å². The molecule has 4 rings (SSSR count). The fourth-order valence-corrected chi connectivity index (χ4v) is 3.93. The van der Waals surface area contributed by atoms with Gasteiger partial charge in [-0.1, -0.05) is 0 Å². The molecule has 3 N–H and O–H groups in total. The first-order valence-corrected chi connectivity index (χ1v) is 10.3. The van der Waals surface area contributed by atoms with Gasteiger partial charge in [-0.25, -0.2) is 0 Å². The Hall–Kier alpha value is -4.27. The number of ether oxygens (including phenoxy) is 2. The third kappa shape index (κ3) is 4.00. The second-order valence-electron chi connectivity index (χ2n) is 7.54. The molecular formula is C24H24N4O5. The molecule has 0 atom stereocenters. The molecular weight excluding hydrogens is 424 g/mol. The lowest BCUT2D eigenvalue weighted by atomic mass is 10.0. The maximum Gasteiger partial charge on any atom is 0.279 e. The van der Waals surface area contributed by atoms with Crippen LogP contribution in [0.1, 0.15) is 12.5 Å². The van der Waals surface area contributed by atoms with Gasteiger partial charge in [-0.3, -0.25) is 19.0 Å². The lowest BCUT2D eigenvalue weighted by molar-refractivity contribution is -0.120. The Morgan fingerprint density at radius 2 is 1.82 bits per heavy atom. The van der Waals surface area contributed by atoms with Crippen LogP contribution in [0.15, 0.2) is 47.4 Å². The van der Waals surface area contributed by atoms with Crippen LogP contribution in [0.2, 0.25) is 0 Å². The zero-order valence-electron chi connectivity index (χ0n) is 18.7. The van der Waals surface area contributed by atoms with Crippen LogP contribution in [0.25, 0.3) is 27.5 Å². The number of aromatic nitrogens is 2. The second-order valence-corrected chi connectivity index (χ2v) is 7.54. The maximum absolute atomic E-state index is 13.5. The van der Waals surface area contributed by atoms with Crippen molar-refractivity contribution >= 4 is 39.3 Å². The third-order valence-corrected chi connectivity index (χ3v) is 5.43. The number of carbonyl (C=O) groups is 2. The van der Waals surface area contributed by atoms with Gasteiger partial charge in [0.05, 0.1) is 26.3 Å². The van der Waals surface area contributed by atoms with Crippen LogP contribution in [-0.2, 0) is 16.0 Å². The molecule has 9 heteroatoms. The molecule has 33 heavy (non-hydrogen) atoms. The predicted octanol–water partition coefficient (Wildman–Crippen LogP) is 2.74. The van der Waals surface area contributed by atoms with E-state index in [0.29, 0.717) is 39.3 Å². The van der Waals surface area contributed by atoms with Crippen molar-refractivity contribution in [3.63, 3.8) is 0 Å². The largest absolute Gasteiger partial charge is 0.493 e. The van der Waals surface area contributed by atoms with Crippen molar-refractivity contribution in [3.8, 4) is 17.2 Å². The number of anilines is 1. The normalized spacial score (nSPS) is 10.9. The summed E-state index contributed by atoms with van der Waals surface area (Å²) in [5, 5.41) is 6.77. The molecule has 0 saturated carbocycles. The van der Waals surface area contributed by atoms with Crippen molar-refractivity contribution in [2.45, 2.75) is 13.3 Å². The van der Waals surface area contributed by atoms with Gasteiger partial charge in [-0.15, -0.1) is 0 Å². The van der Waals surface area contributed by atoms with Crippen LogP contribution in [0.5, 0.6) is 11.5 Å². The number of nitrogens with one attached hydrogen (secondary N) is 3. The topological polar surface area (TPSA) is 114 Å². The molecule has 0 unspecified atom stereocenters. The number of benzene rings is 2. The van der Waals surface area contributed by atoms with E-state index in [9.17, 15) is 14.4 Å². The number of amides is 2. The van der Waals surface area contributed by atoms with Crippen LogP contribution < -0.4 is 25.7 Å². The quantitative estimate of drug-likeness (QED) is 0.420. The number of pyridine rings is 1. The zero-order valence-corrected chi connectivity index (χ0v) is 18.7. The van der Waals surface area contributed by atoms with Gasteiger partial charge >= 0.3 is 0 Å². The smallest absolute Gasteiger partial charge is 0.279 e. The summed E-state index contributed by atoms with van der Waals surface area (Å²) in [4.78, 5) is 40.5. The number of H-pyrrole nitrogens is 1. The summed E-state index contributed by atoms with van der Waals surface area (Å²) in [5.41, 5.74) is 2.63. The number of methoxy groups -OCH3 is 2. The van der Waals surface area contributed by atoms with Gasteiger partial charge < -0.3 is 25.1 Å². The van der Waals surface area contributed by atoms with Gasteiger partial charge in [0.15, 0.2) is 11.5 Å². The summed E-state index contributed by atoms with van der Waals surface area (Å²) in [6.07, 6.45) is 1.73. The molecule has 0 spiro atoms. The minimum atomic E-state index is -0.282. The maximum atomic E-state index is 13.5. The second kappa shape index (κ2) is 8.70. The Balaban J connectivity index is 2.01. The Morgan fingerprint density at radius 1 is 1.06 bits per heavy atom. The SMILES string of the molecule is CNC(=O)Cc1cn(-c2ccc(OC)c(OC)c2)c(=O)c2[nH]c3ccc(NC(C)=O)cc3c12. The number of likely N-dealkylation sites (N-methyl/N-ethyl adjacent to an activating group) is 1. The molecule has 0 aliphatic carbocycles. The third-order valence-electron chi connectivity index (χ3n) is 5.43. The molecule has 0 fully saturated rings. The van der Waals surface area contributed by atoms with Crippen LogP contribution in [0, 0.1) is 0 Å². The molecule has 0 bridgehead atoms. The highest BCUT2D eigenvalue weighted by atomic mass is 16.5. The van der Waals surface area contributed by atoms with E-state index in [4.69, 9.17) is 9.47 Å². The molecule has 4 aromatic rings. The van der Waals surface area contributed by atoms with Gasteiger partial charge in [-0.2, -0.15) is 0 Å². The average Bonchev–Trinajstić information content (AvgIpc) is 3.19. The number of carbonyl (C=O) groups excluding carboxylic acids is 2. The molecule has 170 valence electrons. The fraction of sp³-hybridized carbons (Fsp3) is 0.208. The summed E-state index contributed by atoms with van der Waals surface area (Å²) in [6.45, 7) is 1.43. The Bertz CT molecular complexity index is 1450. The molecule has 9 nitrogen and oxygen atoms in total. The van der Waals surface area contributed by atoms with Gasteiger partial charge in [0.2, 0.25) is 11.8 Å². The van der Waals surface area contributed by atoms with Crippen molar-refractivity contribution in [1.29, 1.82) is 0 Å². The van der Waals surface area contributed by atoms with E-state index >= 15 is 0 Å². The summed E-state index contributed by atoms with van der Waals surface area (Å²) in [6, 6.07) is 10.5. The number of fused-ring (bicyclic) bond motifs is 3. The van der Waals surface area contributed by atoms with Crippen molar-refractivity contribution in [3.05, 3.63) is 58.5 Å². The van der Waals surface area contributed by atoms with Gasteiger partial charge in [0.25, 0.3) is 5.56 Å². The van der Waals surface area contributed by atoms with E-state index in [-0.39, 0.29) is 23.8 Å². The molecule has 0 aliphatic heterocycles. The molecule has 2 aromatic carbocycles. The molecule has 2 aromatic heterocycles. The van der Waals surface area contributed by atoms with Crippen molar-refractivity contribution in [2.24, 2.45) is 0 Å². The van der Waals surface area contributed by atoms with Crippen molar-refractivity contribution in [2.75, 3.05) is 26.6 Å². The monoisotopic (exact) mass is 448 g/mol. The molecule has 0 saturated heterocycles. The van der Waals surface area contributed by atoms with Gasteiger partial charge in [-0.05, 0) is 35.9 Å². The summed E-state index contributed by atoms with van der Waals surface area (Å²) >= 11 is 0. The van der Waals surface area contributed by atoms with Gasteiger partial charge in [0.1, 0.15) is 5.52 Å². The Kier molecular flexibility index (Phi) is 5.78. The van der Waals surface area contributed by atoms with Crippen LogP contribution >= 0.6 is 0 Å². The zero-order chi connectivity index (χ0) is 23.7. The van der Waals surface area contributed by atoms with E-state index in [1.165, 1.54) is 25.7 Å². The van der Waals surface area contributed by atoms with Crippen molar-refractivity contribution in [1.82, 2.24) is 14.9 Å². The van der Waals surface area contributed by atoms with Crippen molar-refractivity contribution < 1.29 is 19.1 Å². The van der Waals surface area contributed by atoms with E-state index in [0.717, 1.165) is 10.9 Å². The lowest BCUT2D eigenvalue weighted by Gasteiger charge is -2.13. The van der Waals surface area contributed by atoms with Crippen LogP contribution in [0.3, 0.4) is 0 Å². The molecule has 2 amide bonds. The number of aromatic amines is 1. The fourth-order valence-electron chi connectivity index (χ4n) is 3.93. The first-order valence-electron chi connectivity index (χ1n) is 10.3. The van der Waals surface area contributed by atoms with Gasteiger partial charge in [0, 0.05) is 48.2 Å². The summed E-state index contributed by atoms with van der Waals surface area (Å²) in [7, 11) is 4.62. The highest BCUT2D eigenvalue weighted by Crippen LogP contribution is 2.32. The summed E-state index contributed by atoms with van der Waals surface area (Å²) in [5.74, 6) is 0.625. The van der Waals surface area contributed by atoms with E-state index in [1.54, 1.807) is 49.6 Å². The van der Waals surface area contributed by atoms with E-state index in [2.05, 4.69) is 15.6 Å². The first-order chi connectivity index (χ1) is 15.9. The van der Waals surface area contributed by atoms with Crippen LogP contribution in [0.4, 0.5) is 5.69 Å². The lowest BCUT2D eigenvalue weighted by Crippen LogP contribution is -2.23. The highest BCUT2D eigenvalue weighted by molar-refractivity contribution is 6.11.